The molecule has 2 N–H and O–H groups in total. The summed E-state index contributed by atoms with van der Waals surface area (Å²) >= 11 is 3.34. The molecule has 0 aliphatic carbocycles. The molecule has 0 atom stereocenters. The van der Waals surface area contributed by atoms with Crippen LogP contribution in [0.4, 0.5) is 0 Å². The fourth-order valence-electron chi connectivity index (χ4n) is 2.30. The normalized spacial score (nSPS) is 11.4. The van der Waals surface area contributed by atoms with Crippen LogP contribution in [0.3, 0.4) is 0 Å². The van der Waals surface area contributed by atoms with E-state index in [1.54, 1.807) is 50.2 Å². The number of hydrogen-bond acceptors (Lipinski definition) is 4. The van der Waals surface area contributed by atoms with Gasteiger partial charge in [0.25, 0.3) is 5.91 Å². The van der Waals surface area contributed by atoms with Crippen molar-refractivity contribution in [2.75, 3.05) is 6.61 Å². The maximum atomic E-state index is 11.9. The molecule has 2 aromatic rings. The molecule has 0 radical (unpaired) electrons. The number of sulfonamides is 1. The van der Waals surface area contributed by atoms with Crippen molar-refractivity contribution in [2.45, 2.75) is 32.2 Å². The summed E-state index contributed by atoms with van der Waals surface area (Å²) in [5.41, 5.74) is 1.57. The number of ether oxygens (including phenoxy) is 1. The van der Waals surface area contributed by atoms with Crippen LogP contribution in [-0.2, 0) is 27.1 Å². The Morgan fingerprint density at radius 3 is 2.22 bits per heavy atom. The van der Waals surface area contributed by atoms with E-state index in [4.69, 9.17) is 4.74 Å². The first-order valence-corrected chi connectivity index (χ1v) is 10.9. The smallest absolute Gasteiger partial charge is 0.258 e. The Morgan fingerprint density at radius 1 is 1.04 bits per heavy atom. The van der Waals surface area contributed by atoms with E-state index in [9.17, 15) is 13.2 Å². The number of benzene rings is 2. The quantitative estimate of drug-likeness (QED) is 0.609. The molecule has 0 saturated heterocycles. The van der Waals surface area contributed by atoms with E-state index in [1.807, 2.05) is 12.1 Å². The van der Waals surface area contributed by atoms with Crippen molar-refractivity contribution >= 4 is 31.9 Å². The van der Waals surface area contributed by atoms with E-state index in [0.29, 0.717) is 17.9 Å². The highest BCUT2D eigenvalue weighted by molar-refractivity contribution is 9.10. The third-order valence-corrected chi connectivity index (χ3v) is 5.54. The molecule has 146 valence electrons. The van der Waals surface area contributed by atoms with Gasteiger partial charge in [-0.15, -0.1) is 0 Å². The van der Waals surface area contributed by atoms with Gasteiger partial charge in [0, 0.05) is 17.1 Å². The number of nitrogens with one attached hydrogen (secondary N) is 2. The lowest BCUT2D eigenvalue weighted by Gasteiger charge is -2.10. The van der Waals surface area contributed by atoms with E-state index >= 15 is 0 Å². The molecule has 0 spiro atoms. The highest BCUT2D eigenvalue weighted by atomic mass is 79.9. The molecular weight excluding hydrogens is 432 g/mol. The fraction of sp³-hybridized carbons (Fsp3) is 0.316. The topological polar surface area (TPSA) is 84.5 Å². The lowest BCUT2D eigenvalue weighted by molar-refractivity contribution is -0.123. The minimum atomic E-state index is -3.35. The van der Waals surface area contributed by atoms with Crippen molar-refractivity contribution in [1.29, 1.82) is 0 Å². The molecule has 2 aromatic carbocycles. The van der Waals surface area contributed by atoms with Crippen molar-refractivity contribution in [3.8, 4) is 5.75 Å². The standard InChI is InChI=1S/C19H23BrN2O4S/c1-14(2)22-27(24,25)13-16-5-3-15(4-6-16)11-21-19(23)12-26-18-9-7-17(20)8-10-18/h3-10,14,22H,11-13H2,1-2H3,(H,21,23). The lowest BCUT2D eigenvalue weighted by Crippen LogP contribution is -2.31. The second-order valence-electron chi connectivity index (χ2n) is 6.37. The largest absolute Gasteiger partial charge is 0.484 e. The monoisotopic (exact) mass is 454 g/mol. The van der Waals surface area contributed by atoms with Crippen molar-refractivity contribution in [2.24, 2.45) is 0 Å². The Kier molecular flexibility index (Phi) is 7.82. The Balaban J connectivity index is 1.79. The van der Waals surface area contributed by atoms with Gasteiger partial charge in [-0.25, -0.2) is 13.1 Å². The molecule has 0 aliphatic rings. The molecule has 0 saturated carbocycles. The molecule has 0 heterocycles. The van der Waals surface area contributed by atoms with Gasteiger partial charge >= 0.3 is 0 Å². The van der Waals surface area contributed by atoms with Gasteiger partial charge < -0.3 is 10.1 Å². The Bertz CT molecular complexity index is 850. The number of carbonyl (C=O) groups is 1. The molecule has 0 aliphatic heterocycles. The van der Waals surface area contributed by atoms with Crippen LogP contribution in [0.15, 0.2) is 53.0 Å². The summed E-state index contributed by atoms with van der Waals surface area (Å²) in [6, 6.07) is 14.2. The molecule has 0 unspecified atom stereocenters. The average molecular weight is 455 g/mol. The van der Waals surface area contributed by atoms with Crippen molar-refractivity contribution < 1.29 is 17.9 Å². The Labute approximate surface area is 168 Å². The predicted octanol–water partition coefficient (Wildman–Crippen LogP) is 2.97. The maximum absolute atomic E-state index is 11.9. The zero-order valence-corrected chi connectivity index (χ0v) is 17.6. The fourth-order valence-corrected chi connectivity index (χ4v) is 4.00. The first kappa shape index (κ1) is 21.4. The van der Waals surface area contributed by atoms with E-state index in [-0.39, 0.29) is 24.3 Å². The van der Waals surface area contributed by atoms with Crippen LogP contribution >= 0.6 is 15.9 Å². The third kappa shape index (κ3) is 8.11. The van der Waals surface area contributed by atoms with Gasteiger partial charge in [0.05, 0.1) is 5.75 Å². The summed E-state index contributed by atoms with van der Waals surface area (Å²) in [5.74, 6) is 0.318. The highest BCUT2D eigenvalue weighted by Crippen LogP contribution is 2.15. The van der Waals surface area contributed by atoms with E-state index < -0.39 is 10.0 Å². The van der Waals surface area contributed by atoms with Crippen LogP contribution in [0, 0.1) is 0 Å². The predicted molar refractivity (Wildman–Crippen MR) is 109 cm³/mol. The second kappa shape index (κ2) is 9.87. The van der Waals surface area contributed by atoms with Crippen molar-refractivity contribution in [3.05, 3.63) is 64.1 Å². The summed E-state index contributed by atoms with van der Waals surface area (Å²) in [4.78, 5) is 11.9. The van der Waals surface area contributed by atoms with Crippen LogP contribution in [0.5, 0.6) is 5.75 Å². The van der Waals surface area contributed by atoms with Crippen molar-refractivity contribution in [1.82, 2.24) is 10.0 Å². The van der Waals surface area contributed by atoms with Gasteiger partial charge in [0.2, 0.25) is 10.0 Å². The number of carbonyl (C=O) groups excluding carboxylic acids is 1. The molecule has 27 heavy (non-hydrogen) atoms. The zero-order chi connectivity index (χ0) is 19.9. The van der Waals surface area contributed by atoms with Gasteiger partial charge in [0.15, 0.2) is 6.61 Å². The van der Waals surface area contributed by atoms with Gasteiger partial charge in [-0.1, -0.05) is 40.2 Å². The summed E-state index contributed by atoms with van der Waals surface area (Å²) in [7, 11) is -3.35. The molecule has 0 aromatic heterocycles. The molecule has 6 nitrogen and oxygen atoms in total. The first-order valence-electron chi connectivity index (χ1n) is 8.46. The minimum absolute atomic E-state index is 0.0706. The van der Waals surface area contributed by atoms with Gasteiger partial charge in [-0.05, 0) is 49.2 Å². The molecule has 0 bridgehead atoms. The minimum Gasteiger partial charge on any atom is -0.484 e. The van der Waals surface area contributed by atoms with Crippen molar-refractivity contribution in [3.63, 3.8) is 0 Å². The van der Waals surface area contributed by atoms with Crippen LogP contribution in [-0.4, -0.2) is 27.0 Å². The van der Waals surface area contributed by atoms with Crippen LogP contribution in [0.2, 0.25) is 0 Å². The molecule has 0 fully saturated rings. The zero-order valence-electron chi connectivity index (χ0n) is 15.2. The van der Waals surface area contributed by atoms with E-state index in [0.717, 1.165) is 10.0 Å². The number of halogens is 1. The second-order valence-corrected chi connectivity index (χ2v) is 9.04. The summed E-state index contributed by atoms with van der Waals surface area (Å²) in [6.45, 7) is 3.84. The number of rotatable bonds is 9. The van der Waals surface area contributed by atoms with Gasteiger partial charge in [-0.3, -0.25) is 4.79 Å². The summed E-state index contributed by atoms with van der Waals surface area (Å²) < 4.78 is 32.8. The summed E-state index contributed by atoms with van der Waals surface area (Å²) in [6.07, 6.45) is 0. The third-order valence-electron chi connectivity index (χ3n) is 3.47. The molecule has 1 amide bonds. The first-order chi connectivity index (χ1) is 12.7. The maximum Gasteiger partial charge on any atom is 0.258 e. The van der Waals surface area contributed by atoms with E-state index in [1.165, 1.54) is 0 Å². The Morgan fingerprint density at radius 2 is 1.63 bits per heavy atom. The van der Waals surface area contributed by atoms with Crippen LogP contribution in [0.25, 0.3) is 0 Å². The van der Waals surface area contributed by atoms with Gasteiger partial charge in [-0.2, -0.15) is 0 Å². The Hall–Kier alpha value is -1.90. The van der Waals surface area contributed by atoms with E-state index in [2.05, 4.69) is 26.0 Å². The van der Waals surface area contributed by atoms with Crippen LogP contribution < -0.4 is 14.8 Å². The number of hydrogen-bond donors (Lipinski definition) is 2. The van der Waals surface area contributed by atoms with Crippen LogP contribution in [0.1, 0.15) is 25.0 Å². The number of amides is 1. The summed E-state index contributed by atoms with van der Waals surface area (Å²) in [5, 5.41) is 2.77. The average Bonchev–Trinajstić information content (AvgIpc) is 2.59. The van der Waals surface area contributed by atoms with Gasteiger partial charge in [0.1, 0.15) is 5.75 Å². The molecular formula is C19H23BrN2O4S. The lowest BCUT2D eigenvalue weighted by atomic mass is 10.1. The highest BCUT2D eigenvalue weighted by Gasteiger charge is 2.12. The molecule has 8 heteroatoms. The molecule has 2 rings (SSSR count). The SMILES string of the molecule is CC(C)NS(=O)(=O)Cc1ccc(CNC(=O)COc2ccc(Br)cc2)cc1.